The quantitative estimate of drug-likeness (QED) is 0.424. The van der Waals surface area contributed by atoms with Gasteiger partial charge in [-0.2, -0.15) is 0 Å². The van der Waals surface area contributed by atoms with Crippen LogP contribution < -0.4 is 0 Å². The number of nitrogens with zero attached hydrogens (tertiary/aromatic N) is 2. The molecule has 0 N–H and O–H groups in total. The summed E-state index contributed by atoms with van der Waals surface area (Å²) in [6.07, 6.45) is 0. The Morgan fingerprint density at radius 3 is 1.56 bits per heavy atom. The van der Waals surface area contributed by atoms with E-state index in [0.717, 1.165) is 23.3 Å². The maximum absolute atomic E-state index is 13.7. The van der Waals surface area contributed by atoms with E-state index < -0.39 is 17.5 Å². The molecule has 132 valence electrons. The van der Waals surface area contributed by atoms with Crippen molar-refractivity contribution < 1.29 is 13.2 Å². The van der Waals surface area contributed by atoms with Crippen molar-refractivity contribution in [2.45, 2.75) is 0 Å². The van der Waals surface area contributed by atoms with E-state index in [-0.39, 0.29) is 5.56 Å². The van der Waals surface area contributed by atoms with Gasteiger partial charge in [0.05, 0.1) is 11.4 Å². The average Bonchev–Trinajstić information content (AvgIpc) is 2.72. The fraction of sp³-hybridized carbons (Fsp3) is 0. The van der Waals surface area contributed by atoms with Crippen LogP contribution in [0.2, 0.25) is 0 Å². The Morgan fingerprint density at radius 1 is 0.519 bits per heavy atom. The van der Waals surface area contributed by atoms with E-state index in [1.807, 2.05) is 60.7 Å². The molecule has 5 heteroatoms. The zero-order valence-electron chi connectivity index (χ0n) is 14.0. The third kappa shape index (κ3) is 3.44. The molecule has 0 aliphatic carbocycles. The molecule has 4 rings (SSSR count). The van der Waals surface area contributed by atoms with Gasteiger partial charge in [-0.15, -0.1) is 0 Å². The minimum absolute atomic E-state index is 0.142. The molecule has 4 aromatic rings. The standard InChI is InChI=1S/C22H13F3N2/c23-17-11-16(12-18(24)21(17)25)20-13-19(14-7-3-1-4-8-14)26-22(27-20)15-9-5-2-6-10-15/h1-13H. The molecule has 0 radical (unpaired) electrons. The Kier molecular flexibility index (Phi) is 4.42. The molecule has 3 aromatic carbocycles. The number of rotatable bonds is 3. The highest BCUT2D eigenvalue weighted by Crippen LogP contribution is 2.28. The first-order valence-corrected chi connectivity index (χ1v) is 8.26. The molecule has 0 fully saturated rings. The summed E-state index contributed by atoms with van der Waals surface area (Å²) >= 11 is 0. The minimum atomic E-state index is -1.50. The smallest absolute Gasteiger partial charge is 0.194 e. The van der Waals surface area contributed by atoms with Crippen molar-refractivity contribution in [3.8, 4) is 33.9 Å². The van der Waals surface area contributed by atoms with Crippen LogP contribution >= 0.6 is 0 Å². The van der Waals surface area contributed by atoms with Crippen LogP contribution in [0.25, 0.3) is 33.9 Å². The highest BCUT2D eigenvalue weighted by Gasteiger charge is 2.15. The second-order valence-corrected chi connectivity index (χ2v) is 5.95. The second-order valence-electron chi connectivity index (χ2n) is 5.95. The van der Waals surface area contributed by atoms with Gasteiger partial charge in [0.15, 0.2) is 23.3 Å². The fourth-order valence-electron chi connectivity index (χ4n) is 2.77. The summed E-state index contributed by atoms with van der Waals surface area (Å²) in [5.41, 5.74) is 2.65. The Morgan fingerprint density at radius 2 is 1.00 bits per heavy atom. The van der Waals surface area contributed by atoms with Crippen molar-refractivity contribution >= 4 is 0 Å². The lowest BCUT2D eigenvalue weighted by atomic mass is 10.1. The lowest BCUT2D eigenvalue weighted by Gasteiger charge is -2.10. The number of hydrogen-bond acceptors (Lipinski definition) is 2. The summed E-state index contributed by atoms with van der Waals surface area (Å²) in [5.74, 6) is -3.60. The van der Waals surface area contributed by atoms with Crippen molar-refractivity contribution in [2.24, 2.45) is 0 Å². The molecule has 0 amide bonds. The van der Waals surface area contributed by atoms with Crippen LogP contribution in [0.4, 0.5) is 13.2 Å². The van der Waals surface area contributed by atoms with Gasteiger partial charge < -0.3 is 0 Å². The predicted molar refractivity (Wildman–Crippen MR) is 98.2 cm³/mol. The van der Waals surface area contributed by atoms with E-state index in [9.17, 15) is 13.2 Å². The Bertz CT molecular complexity index is 1020. The Labute approximate surface area is 154 Å². The zero-order valence-corrected chi connectivity index (χ0v) is 14.0. The molecule has 0 aliphatic rings. The first kappa shape index (κ1) is 17.0. The SMILES string of the molecule is Fc1cc(-c2cc(-c3ccccc3)nc(-c3ccccc3)n2)cc(F)c1F. The van der Waals surface area contributed by atoms with E-state index in [2.05, 4.69) is 9.97 Å². The summed E-state index contributed by atoms with van der Waals surface area (Å²) in [6, 6.07) is 22.2. The van der Waals surface area contributed by atoms with Crippen LogP contribution in [0.5, 0.6) is 0 Å². The van der Waals surface area contributed by atoms with Crippen LogP contribution in [0.1, 0.15) is 0 Å². The van der Waals surface area contributed by atoms with Crippen LogP contribution in [0.3, 0.4) is 0 Å². The maximum Gasteiger partial charge on any atom is 0.194 e. The highest BCUT2D eigenvalue weighted by atomic mass is 19.2. The highest BCUT2D eigenvalue weighted by molar-refractivity contribution is 5.71. The van der Waals surface area contributed by atoms with E-state index in [4.69, 9.17) is 0 Å². The molecule has 0 unspecified atom stereocenters. The average molecular weight is 362 g/mol. The molecular formula is C22H13F3N2. The third-order valence-corrected chi connectivity index (χ3v) is 4.11. The van der Waals surface area contributed by atoms with Crippen molar-refractivity contribution in [1.82, 2.24) is 9.97 Å². The molecular weight excluding hydrogens is 349 g/mol. The van der Waals surface area contributed by atoms with E-state index in [0.29, 0.717) is 17.2 Å². The summed E-state index contributed by atoms with van der Waals surface area (Å²) in [7, 11) is 0. The summed E-state index contributed by atoms with van der Waals surface area (Å²) in [4.78, 5) is 9.03. The molecule has 0 saturated heterocycles. The lowest BCUT2D eigenvalue weighted by Crippen LogP contribution is -1.98. The molecule has 0 bridgehead atoms. The monoisotopic (exact) mass is 362 g/mol. The van der Waals surface area contributed by atoms with Gasteiger partial charge in [-0.25, -0.2) is 23.1 Å². The molecule has 0 aliphatic heterocycles. The van der Waals surface area contributed by atoms with Gasteiger partial charge in [0.25, 0.3) is 0 Å². The number of aromatic nitrogens is 2. The first-order chi connectivity index (χ1) is 13.1. The molecule has 27 heavy (non-hydrogen) atoms. The van der Waals surface area contributed by atoms with Gasteiger partial charge in [-0.05, 0) is 18.2 Å². The Hall–Kier alpha value is -3.47. The Balaban J connectivity index is 1.94. The second kappa shape index (κ2) is 7.03. The van der Waals surface area contributed by atoms with Gasteiger partial charge in [0.1, 0.15) is 0 Å². The van der Waals surface area contributed by atoms with Crippen LogP contribution in [-0.2, 0) is 0 Å². The van der Waals surface area contributed by atoms with Crippen molar-refractivity contribution in [1.29, 1.82) is 0 Å². The van der Waals surface area contributed by atoms with E-state index in [1.165, 1.54) is 0 Å². The fourth-order valence-corrected chi connectivity index (χ4v) is 2.77. The normalized spacial score (nSPS) is 10.8. The lowest BCUT2D eigenvalue weighted by molar-refractivity contribution is 0.447. The zero-order chi connectivity index (χ0) is 18.8. The minimum Gasteiger partial charge on any atom is -0.228 e. The molecule has 1 aromatic heterocycles. The molecule has 0 saturated carbocycles. The maximum atomic E-state index is 13.7. The number of hydrogen-bond donors (Lipinski definition) is 0. The van der Waals surface area contributed by atoms with Crippen molar-refractivity contribution in [3.05, 3.63) is 96.3 Å². The summed E-state index contributed by atoms with van der Waals surface area (Å²) in [5, 5.41) is 0. The van der Waals surface area contributed by atoms with Gasteiger partial charge in [-0.3, -0.25) is 0 Å². The van der Waals surface area contributed by atoms with Crippen molar-refractivity contribution in [2.75, 3.05) is 0 Å². The molecule has 1 heterocycles. The third-order valence-electron chi connectivity index (χ3n) is 4.11. The van der Waals surface area contributed by atoms with Gasteiger partial charge in [0, 0.05) is 16.7 Å². The number of benzene rings is 3. The molecule has 2 nitrogen and oxygen atoms in total. The van der Waals surface area contributed by atoms with E-state index >= 15 is 0 Å². The van der Waals surface area contributed by atoms with Gasteiger partial charge in [-0.1, -0.05) is 60.7 Å². The molecule has 0 spiro atoms. The first-order valence-electron chi connectivity index (χ1n) is 8.26. The van der Waals surface area contributed by atoms with Crippen LogP contribution in [0, 0.1) is 17.5 Å². The predicted octanol–water partition coefficient (Wildman–Crippen LogP) is 5.89. The summed E-state index contributed by atoms with van der Waals surface area (Å²) in [6.45, 7) is 0. The number of halogens is 3. The van der Waals surface area contributed by atoms with Crippen molar-refractivity contribution in [3.63, 3.8) is 0 Å². The van der Waals surface area contributed by atoms with Crippen LogP contribution in [0.15, 0.2) is 78.9 Å². The topological polar surface area (TPSA) is 25.8 Å². The summed E-state index contributed by atoms with van der Waals surface area (Å²) < 4.78 is 40.8. The van der Waals surface area contributed by atoms with Crippen LogP contribution in [-0.4, -0.2) is 9.97 Å². The van der Waals surface area contributed by atoms with E-state index in [1.54, 1.807) is 6.07 Å². The van der Waals surface area contributed by atoms with Gasteiger partial charge in [0.2, 0.25) is 0 Å². The molecule has 0 atom stereocenters. The largest absolute Gasteiger partial charge is 0.228 e. The van der Waals surface area contributed by atoms with Gasteiger partial charge >= 0.3 is 0 Å².